The van der Waals surface area contributed by atoms with Crippen molar-refractivity contribution in [3.8, 4) is 0 Å². The number of amides is 2. The van der Waals surface area contributed by atoms with Gasteiger partial charge in [0.15, 0.2) is 0 Å². The van der Waals surface area contributed by atoms with Crippen LogP contribution >= 0.6 is 0 Å². The molecule has 1 unspecified atom stereocenters. The minimum Gasteiger partial charge on any atom is -0.348 e. The maximum atomic E-state index is 11.9. The van der Waals surface area contributed by atoms with Gasteiger partial charge in [-0.05, 0) is 24.6 Å². The Bertz CT molecular complexity index is 456. The van der Waals surface area contributed by atoms with Gasteiger partial charge in [0, 0.05) is 24.7 Å². The number of anilines is 1. The van der Waals surface area contributed by atoms with Crippen LogP contribution < -0.4 is 10.2 Å². The monoisotopic (exact) mass is 244 g/mol. The van der Waals surface area contributed by atoms with Crippen molar-refractivity contribution >= 4 is 17.5 Å². The third-order valence-corrected chi connectivity index (χ3v) is 3.01. The summed E-state index contributed by atoms with van der Waals surface area (Å²) in [5.74, 6) is -0.0901. The maximum Gasteiger partial charge on any atom is 0.243 e. The summed E-state index contributed by atoms with van der Waals surface area (Å²) in [6, 6.07) is 9.50. The Hall–Kier alpha value is -2.10. The molecule has 0 aliphatic carbocycles. The van der Waals surface area contributed by atoms with Crippen molar-refractivity contribution in [1.82, 2.24) is 5.32 Å². The SMILES string of the molecule is C=CC(=O)NC1CCC(=O)N(c2ccccc2)C1. The fourth-order valence-electron chi connectivity index (χ4n) is 2.08. The first-order valence-corrected chi connectivity index (χ1v) is 5.99. The Morgan fingerprint density at radius 2 is 2.11 bits per heavy atom. The molecule has 2 amide bonds. The van der Waals surface area contributed by atoms with E-state index in [2.05, 4.69) is 11.9 Å². The van der Waals surface area contributed by atoms with E-state index in [-0.39, 0.29) is 17.9 Å². The number of hydrogen-bond acceptors (Lipinski definition) is 2. The van der Waals surface area contributed by atoms with Crippen LogP contribution in [0.4, 0.5) is 5.69 Å². The van der Waals surface area contributed by atoms with Gasteiger partial charge in [-0.1, -0.05) is 24.8 Å². The van der Waals surface area contributed by atoms with Gasteiger partial charge in [0.1, 0.15) is 0 Å². The highest BCUT2D eigenvalue weighted by Crippen LogP contribution is 2.20. The number of para-hydroxylation sites is 1. The maximum absolute atomic E-state index is 11.9. The van der Waals surface area contributed by atoms with Gasteiger partial charge in [-0.15, -0.1) is 0 Å². The van der Waals surface area contributed by atoms with Crippen LogP contribution in [0.5, 0.6) is 0 Å². The van der Waals surface area contributed by atoms with E-state index in [0.717, 1.165) is 5.69 Å². The normalized spacial score (nSPS) is 19.4. The van der Waals surface area contributed by atoms with E-state index < -0.39 is 0 Å². The molecule has 18 heavy (non-hydrogen) atoms. The predicted molar refractivity (Wildman–Crippen MR) is 70.2 cm³/mol. The number of carbonyl (C=O) groups is 2. The van der Waals surface area contributed by atoms with E-state index in [1.807, 2.05) is 30.3 Å². The first kappa shape index (κ1) is 12.4. The molecule has 1 saturated heterocycles. The Labute approximate surface area is 106 Å². The minimum absolute atomic E-state index is 0.00611. The van der Waals surface area contributed by atoms with E-state index in [9.17, 15) is 9.59 Å². The number of hydrogen-bond donors (Lipinski definition) is 1. The first-order valence-electron chi connectivity index (χ1n) is 5.99. The highest BCUT2D eigenvalue weighted by atomic mass is 16.2. The van der Waals surface area contributed by atoms with Crippen molar-refractivity contribution in [3.05, 3.63) is 43.0 Å². The second kappa shape index (κ2) is 5.49. The summed E-state index contributed by atoms with van der Waals surface area (Å²) in [5.41, 5.74) is 0.875. The molecule has 1 N–H and O–H groups in total. The summed E-state index contributed by atoms with van der Waals surface area (Å²) in [4.78, 5) is 24.9. The number of carbonyl (C=O) groups excluding carboxylic acids is 2. The predicted octanol–water partition coefficient (Wildman–Crippen LogP) is 1.48. The number of rotatable bonds is 3. The topological polar surface area (TPSA) is 49.4 Å². The van der Waals surface area contributed by atoms with Gasteiger partial charge in [-0.2, -0.15) is 0 Å². The van der Waals surface area contributed by atoms with Crippen LogP contribution in [-0.2, 0) is 9.59 Å². The number of benzene rings is 1. The number of nitrogens with zero attached hydrogens (tertiary/aromatic N) is 1. The summed E-state index contributed by atoms with van der Waals surface area (Å²) in [5, 5.41) is 2.84. The zero-order valence-electron chi connectivity index (χ0n) is 10.1. The molecule has 94 valence electrons. The summed E-state index contributed by atoms with van der Waals surface area (Å²) >= 11 is 0. The third kappa shape index (κ3) is 2.77. The number of nitrogens with one attached hydrogen (secondary N) is 1. The summed E-state index contributed by atoms with van der Waals surface area (Å²) < 4.78 is 0. The van der Waals surface area contributed by atoms with Crippen LogP contribution in [0.2, 0.25) is 0 Å². The molecule has 0 saturated carbocycles. The molecule has 1 aliphatic rings. The van der Waals surface area contributed by atoms with Crippen molar-refractivity contribution in [2.75, 3.05) is 11.4 Å². The molecule has 2 rings (SSSR count). The van der Waals surface area contributed by atoms with Crippen molar-refractivity contribution in [2.24, 2.45) is 0 Å². The molecule has 0 bridgehead atoms. The molecule has 4 heteroatoms. The third-order valence-electron chi connectivity index (χ3n) is 3.01. The zero-order valence-corrected chi connectivity index (χ0v) is 10.1. The Kier molecular flexibility index (Phi) is 3.77. The molecule has 1 aliphatic heterocycles. The molecule has 1 atom stereocenters. The summed E-state index contributed by atoms with van der Waals surface area (Å²) in [6.07, 6.45) is 2.39. The van der Waals surface area contributed by atoms with Gasteiger partial charge in [0.2, 0.25) is 11.8 Å². The molecular weight excluding hydrogens is 228 g/mol. The van der Waals surface area contributed by atoms with Crippen LogP contribution in [0.15, 0.2) is 43.0 Å². The molecule has 4 nitrogen and oxygen atoms in total. The second-order valence-electron chi connectivity index (χ2n) is 4.29. The van der Waals surface area contributed by atoms with Crippen LogP contribution in [0.1, 0.15) is 12.8 Å². The molecule has 0 radical (unpaired) electrons. The minimum atomic E-state index is -0.192. The highest BCUT2D eigenvalue weighted by Gasteiger charge is 2.27. The lowest BCUT2D eigenvalue weighted by Crippen LogP contribution is -2.49. The summed E-state index contributed by atoms with van der Waals surface area (Å²) in [6.45, 7) is 3.94. The van der Waals surface area contributed by atoms with Gasteiger partial charge in [0.05, 0.1) is 0 Å². The van der Waals surface area contributed by atoms with Crippen LogP contribution in [0.25, 0.3) is 0 Å². The molecular formula is C14H16N2O2. The fraction of sp³-hybridized carbons (Fsp3) is 0.286. The van der Waals surface area contributed by atoms with Gasteiger partial charge >= 0.3 is 0 Å². The van der Waals surface area contributed by atoms with E-state index in [4.69, 9.17) is 0 Å². The Morgan fingerprint density at radius 1 is 1.39 bits per heavy atom. The average molecular weight is 244 g/mol. The van der Waals surface area contributed by atoms with Crippen molar-refractivity contribution < 1.29 is 9.59 Å². The lowest BCUT2D eigenvalue weighted by molar-refractivity contribution is -0.121. The van der Waals surface area contributed by atoms with Gasteiger partial charge < -0.3 is 10.2 Å². The van der Waals surface area contributed by atoms with E-state index in [0.29, 0.717) is 19.4 Å². The molecule has 1 heterocycles. The molecule has 1 aromatic carbocycles. The summed E-state index contributed by atoms with van der Waals surface area (Å²) in [7, 11) is 0. The lowest BCUT2D eigenvalue weighted by Gasteiger charge is -2.32. The lowest BCUT2D eigenvalue weighted by atomic mass is 10.0. The fourth-order valence-corrected chi connectivity index (χ4v) is 2.08. The van der Waals surface area contributed by atoms with E-state index >= 15 is 0 Å². The zero-order chi connectivity index (χ0) is 13.0. The second-order valence-corrected chi connectivity index (χ2v) is 4.29. The smallest absolute Gasteiger partial charge is 0.243 e. The van der Waals surface area contributed by atoms with E-state index in [1.165, 1.54) is 6.08 Å². The molecule has 1 aromatic rings. The quantitative estimate of drug-likeness (QED) is 0.819. The standard InChI is InChI=1S/C14H16N2O2/c1-2-13(17)15-11-8-9-14(18)16(10-11)12-6-4-3-5-7-12/h2-7,11H,1,8-10H2,(H,15,17). The van der Waals surface area contributed by atoms with Crippen molar-refractivity contribution in [1.29, 1.82) is 0 Å². The number of piperidine rings is 1. The first-order chi connectivity index (χ1) is 8.70. The van der Waals surface area contributed by atoms with Crippen LogP contribution in [-0.4, -0.2) is 24.4 Å². The van der Waals surface area contributed by atoms with Gasteiger partial charge in [0.25, 0.3) is 0 Å². The largest absolute Gasteiger partial charge is 0.348 e. The van der Waals surface area contributed by atoms with Gasteiger partial charge in [-0.25, -0.2) is 0 Å². The Balaban J connectivity index is 2.08. The van der Waals surface area contributed by atoms with Crippen molar-refractivity contribution in [3.63, 3.8) is 0 Å². The highest BCUT2D eigenvalue weighted by molar-refractivity contribution is 5.94. The van der Waals surface area contributed by atoms with Crippen LogP contribution in [0.3, 0.4) is 0 Å². The molecule has 0 spiro atoms. The molecule has 1 fully saturated rings. The van der Waals surface area contributed by atoms with Crippen molar-refractivity contribution in [2.45, 2.75) is 18.9 Å². The van der Waals surface area contributed by atoms with Gasteiger partial charge in [-0.3, -0.25) is 9.59 Å². The van der Waals surface area contributed by atoms with Crippen LogP contribution in [0, 0.1) is 0 Å². The average Bonchev–Trinajstić information content (AvgIpc) is 2.42. The van der Waals surface area contributed by atoms with E-state index in [1.54, 1.807) is 4.90 Å². The Morgan fingerprint density at radius 3 is 2.78 bits per heavy atom. The molecule has 0 aromatic heterocycles.